The second kappa shape index (κ2) is 10.1. The molecule has 1 aliphatic heterocycles. The van der Waals surface area contributed by atoms with Gasteiger partial charge in [0.05, 0.1) is 12.7 Å². The highest BCUT2D eigenvalue weighted by Gasteiger charge is 2.39. The van der Waals surface area contributed by atoms with Gasteiger partial charge in [-0.1, -0.05) is 12.1 Å². The number of amides is 1. The first-order chi connectivity index (χ1) is 18.2. The molecule has 0 spiro atoms. The Bertz CT molecular complexity index is 1480. The molecule has 0 bridgehead atoms. The molecule has 3 aromatic heterocycles. The number of pyridine rings is 2. The lowest BCUT2D eigenvalue weighted by molar-refractivity contribution is -0.142. The Kier molecular flexibility index (Phi) is 6.74. The third kappa shape index (κ3) is 5.45. The summed E-state index contributed by atoms with van der Waals surface area (Å²) in [6.45, 7) is 1.20. The summed E-state index contributed by atoms with van der Waals surface area (Å²) in [5.74, 6) is -0.750. The molecule has 38 heavy (non-hydrogen) atoms. The zero-order valence-corrected chi connectivity index (χ0v) is 20.0. The minimum Gasteiger partial charge on any atom is -0.406 e. The molecule has 1 aromatic carbocycles. The molecule has 0 aliphatic carbocycles. The number of ether oxygens (including phenoxy) is 1. The molecule has 1 amide bonds. The second-order valence-corrected chi connectivity index (χ2v) is 8.88. The first kappa shape index (κ1) is 25.2. The summed E-state index contributed by atoms with van der Waals surface area (Å²) in [7, 11) is 0. The van der Waals surface area contributed by atoms with Crippen molar-refractivity contribution in [2.75, 3.05) is 23.7 Å². The minimum absolute atomic E-state index is 0.000796. The quantitative estimate of drug-likeness (QED) is 0.354. The predicted molar refractivity (Wildman–Crippen MR) is 131 cm³/mol. The van der Waals surface area contributed by atoms with E-state index in [4.69, 9.17) is 10.5 Å². The third-order valence-corrected chi connectivity index (χ3v) is 6.12. The van der Waals surface area contributed by atoms with Gasteiger partial charge in [-0.25, -0.2) is 19.2 Å². The van der Waals surface area contributed by atoms with Crippen LogP contribution in [-0.4, -0.2) is 38.9 Å². The maximum atomic E-state index is 14.6. The molecule has 1 fully saturated rings. The van der Waals surface area contributed by atoms with Gasteiger partial charge in [-0.15, -0.1) is 0 Å². The summed E-state index contributed by atoms with van der Waals surface area (Å²) in [6.07, 6.45) is -0.189. The highest BCUT2D eigenvalue weighted by molar-refractivity contribution is 5.91. The van der Waals surface area contributed by atoms with E-state index in [0.717, 1.165) is 34.5 Å². The van der Waals surface area contributed by atoms with Crippen molar-refractivity contribution in [3.63, 3.8) is 0 Å². The number of anilines is 2. The number of hydrogen-bond acceptors (Lipinski definition) is 7. The number of alkyl halides is 3. The van der Waals surface area contributed by atoms with Gasteiger partial charge >= 0.3 is 12.3 Å². The molecule has 4 heterocycles. The van der Waals surface area contributed by atoms with Crippen molar-refractivity contribution in [3.8, 4) is 5.75 Å². The van der Waals surface area contributed by atoms with Crippen molar-refractivity contribution in [1.29, 1.82) is 0 Å². The molecule has 198 valence electrons. The van der Waals surface area contributed by atoms with E-state index in [-0.39, 0.29) is 18.9 Å². The number of nitrogen functional groups attached to an aromatic ring is 1. The van der Waals surface area contributed by atoms with Crippen molar-refractivity contribution in [2.45, 2.75) is 32.1 Å². The van der Waals surface area contributed by atoms with Crippen LogP contribution in [0.25, 0.3) is 10.8 Å². The van der Waals surface area contributed by atoms with Crippen LogP contribution in [0.4, 0.5) is 34.0 Å². The maximum Gasteiger partial charge on any atom is 0.438 e. The van der Waals surface area contributed by atoms with E-state index in [0.29, 0.717) is 30.0 Å². The van der Waals surface area contributed by atoms with Gasteiger partial charge in [-0.05, 0) is 47.6 Å². The van der Waals surface area contributed by atoms with E-state index in [1.807, 2.05) is 4.90 Å². The van der Waals surface area contributed by atoms with Crippen LogP contribution >= 0.6 is 0 Å². The molecule has 1 aliphatic rings. The second-order valence-electron chi connectivity index (χ2n) is 8.88. The van der Waals surface area contributed by atoms with E-state index in [1.165, 1.54) is 12.3 Å². The molecule has 5 rings (SSSR count). The number of nitrogens with one attached hydrogen (secondary N) is 1. The predicted octanol–water partition coefficient (Wildman–Crippen LogP) is 4.50. The minimum atomic E-state index is -4.88. The lowest BCUT2D eigenvalue weighted by Gasteiger charge is -2.17. The van der Waals surface area contributed by atoms with E-state index < -0.39 is 29.5 Å². The van der Waals surface area contributed by atoms with E-state index >= 15 is 0 Å². The zero-order valence-electron chi connectivity index (χ0n) is 20.0. The lowest BCUT2D eigenvalue weighted by Crippen LogP contribution is -2.27. The van der Waals surface area contributed by atoms with Crippen LogP contribution in [0.1, 0.15) is 29.7 Å². The van der Waals surface area contributed by atoms with Crippen molar-refractivity contribution in [2.24, 2.45) is 0 Å². The van der Waals surface area contributed by atoms with Crippen LogP contribution in [0.15, 0.2) is 48.9 Å². The van der Waals surface area contributed by atoms with Crippen LogP contribution in [0, 0.1) is 5.82 Å². The Hall–Kier alpha value is -4.42. The Morgan fingerprint density at radius 1 is 1.11 bits per heavy atom. The molecule has 0 radical (unpaired) electrons. The van der Waals surface area contributed by atoms with Crippen LogP contribution in [0.2, 0.25) is 0 Å². The number of carbonyl (C=O) groups is 1. The van der Waals surface area contributed by atoms with Gasteiger partial charge < -0.3 is 20.7 Å². The molecule has 9 nitrogen and oxygen atoms in total. The fourth-order valence-electron chi connectivity index (χ4n) is 4.33. The van der Waals surface area contributed by atoms with Gasteiger partial charge in [0.15, 0.2) is 17.4 Å². The van der Waals surface area contributed by atoms with Gasteiger partial charge in [0.2, 0.25) is 5.69 Å². The average Bonchev–Trinajstić information content (AvgIpc) is 3.53. The summed E-state index contributed by atoms with van der Waals surface area (Å²) in [6, 6.07) is 8.19. The summed E-state index contributed by atoms with van der Waals surface area (Å²) in [4.78, 5) is 22.3. The molecule has 3 N–H and O–H groups in total. The smallest absolute Gasteiger partial charge is 0.406 e. The standard InChI is InChI=1S/C25H23F4N7O2/c26-19-10-16(12-32-23(19)35-7-1-2-8-35)13-36-14-20(21(34-36)25(27,28)29)38-24(37)33-11-15-3-4-18-17(9-15)5-6-31-22(18)30/h3-6,9-10,12,14H,1-2,7-8,11,13H2,(H2,30,31)(H,33,37). The van der Waals surface area contributed by atoms with Gasteiger partial charge in [0.25, 0.3) is 0 Å². The Labute approximate surface area is 214 Å². The molecular formula is C25H23F4N7O2. The molecule has 1 saturated heterocycles. The Morgan fingerprint density at radius 3 is 2.63 bits per heavy atom. The summed E-state index contributed by atoms with van der Waals surface area (Å²) >= 11 is 0. The zero-order chi connectivity index (χ0) is 26.9. The van der Waals surface area contributed by atoms with Gasteiger partial charge in [0, 0.05) is 37.4 Å². The van der Waals surface area contributed by atoms with Gasteiger partial charge in [-0.2, -0.15) is 18.3 Å². The molecule has 0 saturated carbocycles. The van der Waals surface area contributed by atoms with Crippen LogP contribution in [0.3, 0.4) is 0 Å². The number of nitrogens with zero attached hydrogens (tertiary/aromatic N) is 5. The number of fused-ring (bicyclic) bond motifs is 1. The number of nitrogens with two attached hydrogens (primary N) is 1. The Morgan fingerprint density at radius 2 is 1.89 bits per heavy atom. The highest BCUT2D eigenvalue weighted by Crippen LogP contribution is 2.35. The number of benzene rings is 1. The van der Waals surface area contributed by atoms with Crippen molar-refractivity contribution in [3.05, 3.63) is 71.6 Å². The molecule has 0 unspecified atom stereocenters. The molecule has 0 atom stereocenters. The van der Waals surface area contributed by atoms with Crippen LogP contribution in [-0.2, 0) is 19.3 Å². The van der Waals surface area contributed by atoms with Crippen molar-refractivity contribution in [1.82, 2.24) is 25.1 Å². The fraction of sp³-hybridized carbons (Fsp3) is 0.280. The molecular weight excluding hydrogens is 506 g/mol. The van der Waals surface area contributed by atoms with E-state index in [2.05, 4.69) is 20.4 Å². The number of hydrogen-bond donors (Lipinski definition) is 2. The van der Waals surface area contributed by atoms with Crippen LogP contribution in [0.5, 0.6) is 5.75 Å². The van der Waals surface area contributed by atoms with E-state index in [1.54, 1.807) is 30.5 Å². The average molecular weight is 529 g/mol. The normalized spacial score (nSPS) is 13.7. The van der Waals surface area contributed by atoms with Crippen LogP contribution < -0.4 is 20.7 Å². The number of carbonyl (C=O) groups excluding carboxylic acids is 1. The summed E-state index contributed by atoms with van der Waals surface area (Å²) in [5, 5.41) is 7.49. The maximum absolute atomic E-state index is 14.6. The number of rotatable bonds is 6. The van der Waals surface area contributed by atoms with E-state index in [9.17, 15) is 22.4 Å². The molecule has 4 aromatic rings. The third-order valence-electron chi connectivity index (χ3n) is 6.12. The number of halogens is 4. The molecule has 13 heteroatoms. The van der Waals surface area contributed by atoms with Gasteiger partial charge in [0.1, 0.15) is 5.82 Å². The van der Waals surface area contributed by atoms with Crippen molar-refractivity contribution < 1.29 is 27.1 Å². The lowest BCUT2D eigenvalue weighted by atomic mass is 10.1. The van der Waals surface area contributed by atoms with Crippen molar-refractivity contribution >= 4 is 28.5 Å². The van der Waals surface area contributed by atoms with Gasteiger partial charge in [-0.3, -0.25) is 4.68 Å². The number of aromatic nitrogens is 4. The SMILES string of the molecule is Nc1nccc2cc(CNC(=O)Oc3cn(Cc4cnc(N5CCCC5)c(F)c4)nc3C(F)(F)F)ccc12. The summed E-state index contributed by atoms with van der Waals surface area (Å²) < 4.78 is 61.2. The topological polar surface area (TPSA) is 111 Å². The largest absolute Gasteiger partial charge is 0.438 e. The highest BCUT2D eigenvalue weighted by atomic mass is 19.4. The first-order valence-corrected chi connectivity index (χ1v) is 11.8. The Balaban J connectivity index is 1.27. The monoisotopic (exact) mass is 529 g/mol. The first-order valence-electron chi connectivity index (χ1n) is 11.8. The fourth-order valence-corrected chi connectivity index (χ4v) is 4.33. The summed E-state index contributed by atoms with van der Waals surface area (Å²) in [5.41, 5.74) is 5.45.